The Labute approximate surface area is 208 Å². The van der Waals surface area contributed by atoms with Crippen molar-refractivity contribution in [1.29, 1.82) is 0 Å². The van der Waals surface area contributed by atoms with Gasteiger partial charge in [0.2, 0.25) is 0 Å². The van der Waals surface area contributed by atoms with Gasteiger partial charge in [0.05, 0.1) is 19.3 Å². The predicted octanol–water partition coefficient (Wildman–Crippen LogP) is 10.3. The van der Waals surface area contributed by atoms with Crippen LogP contribution in [0.1, 0.15) is 130 Å². The van der Waals surface area contributed by atoms with Gasteiger partial charge in [0, 0.05) is 6.61 Å². The Morgan fingerprint density at radius 3 is 1.70 bits per heavy atom. The van der Waals surface area contributed by atoms with Gasteiger partial charge in [-0.15, -0.1) is 6.58 Å². The van der Waals surface area contributed by atoms with Crippen LogP contribution in [0.15, 0.2) is 43.0 Å². The molecule has 0 aliphatic rings. The summed E-state index contributed by atoms with van der Waals surface area (Å²) >= 11 is 0. The van der Waals surface area contributed by atoms with Crippen LogP contribution in [0.3, 0.4) is 0 Å². The number of rotatable bonds is 21. The maximum Gasteiger partial charge on any atom is 0.0810 e. The van der Waals surface area contributed by atoms with Gasteiger partial charge in [0.25, 0.3) is 0 Å². The Balaban J connectivity index is 0. The van der Waals surface area contributed by atoms with Crippen molar-refractivity contribution in [3.63, 3.8) is 0 Å². The first-order chi connectivity index (χ1) is 16.4. The molecule has 0 N–H and O–H groups in total. The van der Waals surface area contributed by atoms with Crippen LogP contribution < -0.4 is 0 Å². The van der Waals surface area contributed by atoms with E-state index in [0.29, 0.717) is 6.61 Å². The second kappa shape index (κ2) is 30.9. The van der Waals surface area contributed by atoms with Gasteiger partial charge in [0.1, 0.15) is 0 Å². The number of allylic oxidation sites excluding steroid dienone is 1. The van der Waals surface area contributed by atoms with Crippen molar-refractivity contribution in [3.8, 4) is 0 Å². The summed E-state index contributed by atoms with van der Waals surface area (Å²) in [7, 11) is 0. The van der Waals surface area contributed by atoms with Gasteiger partial charge in [-0.25, -0.2) is 0 Å². The summed E-state index contributed by atoms with van der Waals surface area (Å²) in [5, 5.41) is 0. The minimum atomic E-state index is 0.206. The molecule has 0 bridgehead atoms. The minimum Gasteiger partial charge on any atom is -0.379 e. The molecule has 194 valence electrons. The van der Waals surface area contributed by atoms with Crippen molar-refractivity contribution < 1.29 is 9.47 Å². The van der Waals surface area contributed by atoms with Crippen LogP contribution in [-0.2, 0) is 16.1 Å². The highest BCUT2D eigenvalue weighted by molar-refractivity contribution is 5.13. The van der Waals surface area contributed by atoms with Crippen LogP contribution in [0, 0.1) is 0 Å². The average molecular weight is 463 g/mol. The van der Waals surface area contributed by atoms with Crippen molar-refractivity contribution in [2.75, 3.05) is 13.2 Å². The molecule has 2 heteroatoms. The fourth-order valence-electron chi connectivity index (χ4n) is 3.55. The van der Waals surface area contributed by atoms with Crippen molar-refractivity contribution >= 4 is 0 Å². The van der Waals surface area contributed by atoms with Crippen LogP contribution in [0.2, 0.25) is 0 Å². The molecule has 33 heavy (non-hydrogen) atoms. The quantitative estimate of drug-likeness (QED) is 0.134. The molecule has 0 aliphatic heterocycles. The normalized spacial score (nSPS) is 11.1. The van der Waals surface area contributed by atoms with Crippen LogP contribution in [0.4, 0.5) is 0 Å². The molecule has 0 aliphatic carbocycles. The minimum absolute atomic E-state index is 0.206. The second-order valence-electron chi connectivity index (χ2n) is 8.22. The highest BCUT2D eigenvalue weighted by Gasteiger charge is 2.07. The van der Waals surface area contributed by atoms with Crippen molar-refractivity contribution in [3.05, 3.63) is 48.6 Å². The zero-order valence-electron chi connectivity index (χ0n) is 23.1. The monoisotopic (exact) mass is 462 g/mol. The summed E-state index contributed by atoms with van der Waals surface area (Å²) in [6, 6.07) is 10.4. The summed E-state index contributed by atoms with van der Waals surface area (Å²) in [6.07, 6.45) is 20.8. The van der Waals surface area contributed by atoms with Gasteiger partial charge in [-0.1, -0.05) is 135 Å². The Morgan fingerprint density at radius 2 is 1.21 bits per heavy atom. The van der Waals surface area contributed by atoms with Gasteiger partial charge in [-0.3, -0.25) is 0 Å². The van der Waals surface area contributed by atoms with Crippen molar-refractivity contribution in [2.24, 2.45) is 0 Å². The molecule has 0 spiro atoms. The van der Waals surface area contributed by atoms with E-state index in [1.165, 1.54) is 89.0 Å². The number of ether oxygens (including phenoxy) is 2. The fourth-order valence-corrected chi connectivity index (χ4v) is 3.55. The van der Waals surface area contributed by atoms with E-state index in [-0.39, 0.29) is 6.10 Å². The average Bonchev–Trinajstić information content (AvgIpc) is 2.88. The Morgan fingerprint density at radius 1 is 0.727 bits per heavy atom. The van der Waals surface area contributed by atoms with Crippen LogP contribution in [0.5, 0.6) is 0 Å². The first kappa shape index (κ1) is 34.0. The van der Waals surface area contributed by atoms with E-state index >= 15 is 0 Å². The highest BCUT2D eigenvalue weighted by Crippen LogP contribution is 2.13. The summed E-state index contributed by atoms with van der Waals surface area (Å²) in [4.78, 5) is 0. The molecule has 0 saturated heterocycles. The van der Waals surface area contributed by atoms with E-state index in [4.69, 9.17) is 9.47 Å². The molecule has 0 heterocycles. The molecule has 1 rings (SSSR count). The lowest BCUT2D eigenvalue weighted by Crippen LogP contribution is -2.19. The number of benzene rings is 1. The molecular weight excluding hydrogens is 404 g/mol. The lowest BCUT2D eigenvalue weighted by atomic mass is 10.0. The summed E-state index contributed by atoms with van der Waals surface area (Å²) in [5.41, 5.74) is 1.23. The highest BCUT2D eigenvalue weighted by atomic mass is 16.5. The van der Waals surface area contributed by atoms with E-state index < -0.39 is 0 Å². The molecule has 0 saturated carbocycles. The van der Waals surface area contributed by atoms with E-state index in [2.05, 4.69) is 37.8 Å². The largest absolute Gasteiger partial charge is 0.379 e. The number of unbranched alkanes of at least 4 members (excludes halogenated alkanes) is 12. The molecule has 0 aromatic heterocycles. The van der Waals surface area contributed by atoms with E-state index in [9.17, 15) is 0 Å². The zero-order chi connectivity index (χ0) is 24.8. The molecule has 1 atom stereocenters. The standard InChI is InChI=1S/C27H46O2.2C2H6/c1-3-5-6-7-8-9-10-11-12-13-14-15-16-20-23-28-25-27(4-2)29-24-26-21-18-17-19-22-26;2*1-2/h3,17-19,21-22,27H,1,4-16,20,23-25H2,2H3;2*1-2H3. The summed E-state index contributed by atoms with van der Waals surface area (Å²) in [6.45, 7) is 16.2. The van der Waals surface area contributed by atoms with Gasteiger partial charge in [0.15, 0.2) is 0 Å². The van der Waals surface area contributed by atoms with Crippen molar-refractivity contribution in [1.82, 2.24) is 0 Å². The maximum absolute atomic E-state index is 5.97. The third-order valence-corrected chi connectivity index (χ3v) is 5.53. The SMILES string of the molecule is C=CCCCCCCCCCCCCCCOCC(CC)OCc1ccccc1.CC.CC. The third-order valence-electron chi connectivity index (χ3n) is 5.53. The van der Waals surface area contributed by atoms with E-state index in [0.717, 1.165) is 19.6 Å². The Bertz CT molecular complexity index is 457. The Hall–Kier alpha value is -1.12. The smallest absolute Gasteiger partial charge is 0.0810 e. The van der Waals surface area contributed by atoms with Gasteiger partial charge >= 0.3 is 0 Å². The molecule has 1 aromatic carbocycles. The first-order valence-corrected chi connectivity index (χ1v) is 14.2. The molecule has 0 radical (unpaired) electrons. The van der Waals surface area contributed by atoms with Crippen LogP contribution in [0.25, 0.3) is 0 Å². The van der Waals surface area contributed by atoms with Gasteiger partial charge in [-0.05, 0) is 31.2 Å². The third kappa shape index (κ3) is 25.3. The maximum atomic E-state index is 5.97. The lowest BCUT2D eigenvalue weighted by Gasteiger charge is -2.16. The lowest BCUT2D eigenvalue weighted by molar-refractivity contribution is -0.0269. The summed E-state index contributed by atoms with van der Waals surface area (Å²) in [5.74, 6) is 0. The second-order valence-corrected chi connectivity index (χ2v) is 8.22. The number of hydrogen-bond acceptors (Lipinski definition) is 2. The number of hydrogen-bond donors (Lipinski definition) is 0. The van der Waals surface area contributed by atoms with Crippen LogP contribution >= 0.6 is 0 Å². The zero-order valence-corrected chi connectivity index (χ0v) is 23.1. The van der Waals surface area contributed by atoms with Gasteiger partial charge in [-0.2, -0.15) is 0 Å². The topological polar surface area (TPSA) is 18.5 Å². The molecule has 0 fully saturated rings. The molecule has 0 amide bonds. The molecule has 1 unspecified atom stereocenters. The predicted molar refractivity (Wildman–Crippen MR) is 149 cm³/mol. The van der Waals surface area contributed by atoms with Crippen LogP contribution in [-0.4, -0.2) is 19.3 Å². The van der Waals surface area contributed by atoms with E-state index in [1.807, 2.05) is 39.8 Å². The first-order valence-electron chi connectivity index (χ1n) is 14.2. The molecule has 1 aromatic rings. The fraction of sp³-hybridized carbons (Fsp3) is 0.742. The Kier molecular flexibility index (Phi) is 31.9. The molecule has 2 nitrogen and oxygen atoms in total. The summed E-state index contributed by atoms with van der Waals surface area (Å²) < 4.78 is 11.8. The van der Waals surface area contributed by atoms with E-state index in [1.54, 1.807) is 0 Å². The molecular formula is C31H58O2. The van der Waals surface area contributed by atoms with Crippen molar-refractivity contribution in [2.45, 2.75) is 137 Å². The van der Waals surface area contributed by atoms with Gasteiger partial charge < -0.3 is 9.47 Å².